The molecule has 3 heterocycles. The van der Waals surface area contributed by atoms with Crippen molar-refractivity contribution < 1.29 is 4.79 Å². The lowest BCUT2D eigenvalue weighted by Gasteiger charge is -2.33. The topological polar surface area (TPSA) is 50.2 Å². The van der Waals surface area contributed by atoms with Crippen molar-refractivity contribution in [1.82, 2.24) is 20.0 Å². The van der Waals surface area contributed by atoms with E-state index in [1.165, 1.54) is 11.4 Å². The number of aryl methyl sites for hydroxylation is 1. The molecule has 1 aromatic rings. The molecule has 132 valence electrons. The van der Waals surface area contributed by atoms with Crippen LogP contribution in [-0.4, -0.2) is 57.8 Å². The van der Waals surface area contributed by atoms with Gasteiger partial charge in [0.2, 0.25) is 5.91 Å². The number of piperidine rings is 1. The molecule has 5 nitrogen and oxygen atoms in total. The maximum Gasteiger partial charge on any atom is 0.224 e. The molecule has 23 heavy (non-hydrogen) atoms. The molecule has 0 bridgehead atoms. The predicted octanol–water partition coefficient (Wildman–Crippen LogP) is 2.06. The van der Waals surface area contributed by atoms with E-state index in [0.29, 0.717) is 24.3 Å². The Hall–Kier alpha value is -0.430. The second-order valence-electron chi connectivity index (χ2n) is 5.96. The van der Waals surface area contributed by atoms with Crippen LogP contribution in [0.3, 0.4) is 0 Å². The highest BCUT2D eigenvalue weighted by atomic mass is 35.5. The zero-order valence-electron chi connectivity index (χ0n) is 13.4. The highest BCUT2D eigenvalue weighted by molar-refractivity contribution is 7.99. The lowest BCUT2D eigenvalue weighted by atomic mass is 9.93. The van der Waals surface area contributed by atoms with Crippen LogP contribution < -0.4 is 5.32 Å². The first kappa shape index (κ1) is 20.6. The zero-order chi connectivity index (χ0) is 14.7. The van der Waals surface area contributed by atoms with E-state index in [0.717, 1.165) is 38.2 Å². The molecule has 2 aliphatic heterocycles. The van der Waals surface area contributed by atoms with Gasteiger partial charge in [-0.25, -0.2) is 0 Å². The number of hydrogen-bond donors (Lipinski definition) is 1. The first-order chi connectivity index (χ1) is 10.2. The SMILES string of the molecule is Cl.Cl.Cn1nccc1C1CCN(C(=O)CC2CSCCN2)CC1. The molecular formula is C15H26Cl2N4OS. The second kappa shape index (κ2) is 9.77. The van der Waals surface area contributed by atoms with Crippen LogP contribution in [0.5, 0.6) is 0 Å². The maximum atomic E-state index is 12.4. The third kappa shape index (κ3) is 5.28. The average molecular weight is 381 g/mol. The number of rotatable bonds is 3. The van der Waals surface area contributed by atoms with Crippen LogP contribution >= 0.6 is 36.6 Å². The van der Waals surface area contributed by atoms with Gasteiger partial charge in [-0.2, -0.15) is 16.9 Å². The number of carbonyl (C=O) groups is 1. The van der Waals surface area contributed by atoms with Crippen molar-refractivity contribution in [2.75, 3.05) is 31.1 Å². The minimum atomic E-state index is 0. The largest absolute Gasteiger partial charge is 0.343 e. The smallest absolute Gasteiger partial charge is 0.224 e. The van der Waals surface area contributed by atoms with Gasteiger partial charge in [0.25, 0.3) is 0 Å². The third-order valence-corrected chi connectivity index (χ3v) is 5.68. The number of halogens is 2. The van der Waals surface area contributed by atoms with Crippen molar-refractivity contribution in [2.24, 2.45) is 7.05 Å². The summed E-state index contributed by atoms with van der Waals surface area (Å²) in [6.07, 6.45) is 4.62. The number of aromatic nitrogens is 2. The summed E-state index contributed by atoms with van der Waals surface area (Å²) in [5, 5.41) is 7.70. The van der Waals surface area contributed by atoms with E-state index in [9.17, 15) is 4.79 Å². The van der Waals surface area contributed by atoms with Gasteiger partial charge in [-0.3, -0.25) is 9.48 Å². The fourth-order valence-electron chi connectivity index (χ4n) is 3.30. The molecular weight excluding hydrogens is 355 g/mol. The molecule has 0 aromatic carbocycles. The summed E-state index contributed by atoms with van der Waals surface area (Å²) in [5.74, 6) is 3.10. The fraction of sp³-hybridized carbons (Fsp3) is 0.733. The van der Waals surface area contributed by atoms with Crippen molar-refractivity contribution in [3.8, 4) is 0 Å². The molecule has 0 aliphatic carbocycles. The van der Waals surface area contributed by atoms with Gasteiger partial charge in [-0.05, 0) is 18.9 Å². The number of amides is 1. The predicted molar refractivity (Wildman–Crippen MR) is 100.0 cm³/mol. The Morgan fingerprint density at radius 1 is 1.39 bits per heavy atom. The van der Waals surface area contributed by atoms with E-state index >= 15 is 0 Å². The van der Waals surface area contributed by atoms with Crippen LogP contribution in [0.1, 0.15) is 30.9 Å². The molecule has 2 aliphatic rings. The number of hydrogen-bond acceptors (Lipinski definition) is 4. The molecule has 3 rings (SSSR count). The summed E-state index contributed by atoms with van der Waals surface area (Å²) < 4.78 is 1.96. The molecule has 2 fully saturated rings. The minimum absolute atomic E-state index is 0. The van der Waals surface area contributed by atoms with Crippen LogP contribution in [0.15, 0.2) is 12.3 Å². The van der Waals surface area contributed by atoms with E-state index in [4.69, 9.17) is 0 Å². The average Bonchev–Trinajstić information content (AvgIpc) is 2.94. The quantitative estimate of drug-likeness (QED) is 0.871. The number of thioether (sulfide) groups is 1. The summed E-state index contributed by atoms with van der Waals surface area (Å²) in [5.41, 5.74) is 1.30. The van der Waals surface area contributed by atoms with Gasteiger partial charge in [0.15, 0.2) is 0 Å². The van der Waals surface area contributed by atoms with Gasteiger partial charge in [0, 0.05) is 68.5 Å². The number of carbonyl (C=O) groups excluding carboxylic acids is 1. The molecule has 8 heteroatoms. The van der Waals surface area contributed by atoms with Crippen molar-refractivity contribution in [2.45, 2.75) is 31.2 Å². The van der Waals surface area contributed by atoms with E-state index in [1.54, 1.807) is 0 Å². The Morgan fingerprint density at radius 3 is 2.70 bits per heavy atom. The monoisotopic (exact) mass is 380 g/mol. The Morgan fingerprint density at radius 2 is 2.13 bits per heavy atom. The van der Waals surface area contributed by atoms with Crippen molar-refractivity contribution in [1.29, 1.82) is 0 Å². The van der Waals surface area contributed by atoms with Crippen LogP contribution in [0.25, 0.3) is 0 Å². The van der Waals surface area contributed by atoms with Crippen molar-refractivity contribution >= 4 is 42.5 Å². The van der Waals surface area contributed by atoms with E-state index in [1.807, 2.05) is 34.6 Å². The standard InChI is InChI=1S/C15H24N4OS.2ClH/c1-18-14(2-5-17-18)12-3-7-19(8-4-12)15(20)10-13-11-21-9-6-16-13;;/h2,5,12-13,16H,3-4,6-11H2,1H3;2*1H. The first-order valence-corrected chi connectivity index (χ1v) is 8.96. The summed E-state index contributed by atoms with van der Waals surface area (Å²) in [7, 11) is 2.00. The van der Waals surface area contributed by atoms with Gasteiger partial charge >= 0.3 is 0 Å². The molecule has 0 radical (unpaired) electrons. The van der Waals surface area contributed by atoms with E-state index in [-0.39, 0.29) is 24.8 Å². The summed E-state index contributed by atoms with van der Waals surface area (Å²) in [4.78, 5) is 14.4. The van der Waals surface area contributed by atoms with Crippen LogP contribution in [0.4, 0.5) is 0 Å². The van der Waals surface area contributed by atoms with E-state index < -0.39 is 0 Å². The highest BCUT2D eigenvalue weighted by Crippen LogP contribution is 2.27. The zero-order valence-corrected chi connectivity index (χ0v) is 15.9. The Labute approximate surface area is 154 Å². The molecule has 0 saturated carbocycles. The van der Waals surface area contributed by atoms with Crippen LogP contribution in [0, 0.1) is 0 Å². The molecule has 1 atom stereocenters. The Kier molecular flexibility index (Phi) is 8.75. The first-order valence-electron chi connectivity index (χ1n) is 7.81. The Balaban J connectivity index is 0.00000132. The van der Waals surface area contributed by atoms with Gasteiger partial charge in [0.05, 0.1) is 0 Å². The van der Waals surface area contributed by atoms with Gasteiger partial charge in [-0.15, -0.1) is 24.8 Å². The lowest BCUT2D eigenvalue weighted by Crippen LogP contribution is -2.44. The second-order valence-corrected chi connectivity index (χ2v) is 7.11. The molecule has 2 saturated heterocycles. The highest BCUT2D eigenvalue weighted by Gasteiger charge is 2.27. The maximum absolute atomic E-state index is 12.4. The summed E-state index contributed by atoms with van der Waals surface area (Å²) in [6.45, 7) is 2.80. The third-order valence-electron chi connectivity index (χ3n) is 4.54. The number of likely N-dealkylation sites (tertiary alicyclic amines) is 1. The van der Waals surface area contributed by atoms with Gasteiger partial charge in [0.1, 0.15) is 0 Å². The Bertz CT molecular complexity index is 486. The van der Waals surface area contributed by atoms with E-state index in [2.05, 4.69) is 16.5 Å². The molecule has 1 unspecified atom stereocenters. The summed E-state index contributed by atoms with van der Waals surface area (Å²) >= 11 is 1.95. The molecule has 1 amide bonds. The number of nitrogens with zero attached hydrogens (tertiary/aromatic N) is 3. The molecule has 1 N–H and O–H groups in total. The molecule has 1 aromatic heterocycles. The van der Waals surface area contributed by atoms with Crippen LogP contribution in [0.2, 0.25) is 0 Å². The van der Waals surface area contributed by atoms with Crippen molar-refractivity contribution in [3.05, 3.63) is 18.0 Å². The number of nitrogens with one attached hydrogen (secondary N) is 1. The van der Waals surface area contributed by atoms with Crippen molar-refractivity contribution in [3.63, 3.8) is 0 Å². The summed E-state index contributed by atoms with van der Waals surface area (Å²) in [6, 6.07) is 2.47. The minimum Gasteiger partial charge on any atom is -0.343 e. The van der Waals surface area contributed by atoms with Gasteiger partial charge < -0.3 is 10.2 Å². The molecule has 0 spiro atoms. The normalized spacial score (nSPS) is 22.1. The lowest BCUT2D eigenvalue weighted by molar-refractivity contribution is -0.132. The fourth-order valence-corrected chi connectivity index (χ4v) is 4.25. The van der Waals surface area contributed by atoms with Gasteiger partial charge in [-0.1, -0.05) is 0 Å². The van der Waals surface area contributed by atoms with Crippen LogP contribution in [-0.2, 0) is 11.8 Å².